The van der Waals surface area contributed by atoms with Crippen molar-refractivity contribution in [3.05, 3.63) is 29.8 Å². The van der Waals surface area contributed by atoms with E-state index in [1.165, 1.54) is 37.7 Å². The van der Waals surface area contributed by atoms with E-state index in [1.54, 1.807) is 0 Å². The van der Waals surface area contributed by atoms with E-state index in [-0.39, 0.29) is 11.9 Å². The second-order valence-corrected chi connectivity index (χ2v) is 6.99. The third kappa shape index (κ3) is 5.20. The molecule has 1 fully saturated rings. The van der Waals surface area contributed by atoms with Gasteiger partial charge in [-0.15, -0.1) is 0 Å². The molecule has 0 aliphatic heterocycles. The van der Waals surface area contributed by atoms with Crippen LogP contribution in [0, 0.1) is 6.92 Å². The fourth-order valence-electron chi connectivity index (χ4n) is 3.12. The second-order valence-electron chi connectivity index (χ2n) is 6.60. The lowest BCUT2D eigenvalue weighted by atomic mass is 9.96. The van der Waals surface area contributed by atoms with Crippen LogP contribution in [0.3, 0.4) is 0 Å². The summed E-state index contributed by atoms with van der Waals surface area (Å²) in [6, 6.07) is 7.98. The Balaban J connectivity index is 1.93. The number of thiocarbonyl (C=S) groups is 1. The van der Waals surface area contributed by atoms with Gasteiger partial charge in [-0.3, -0.25) is 4.79 Å². The molecule has 1 amide bonds. The fourth-order valence-corrected chi connectivity index (χ4v) is 3.58. The minimum absolute atomic E-state index is 0.0338. The maximum Gasteiger partial charge on any atom is 0.246 e. The number of benzene rings is 1. The van der Waals surface area contributed by atoms with Gasteiger partial charge in [0.1, 0.15) is 6.04 Å². The van der Waals surface area contributed by atoms with Gasteiger partial charge in [0.2, 0.25) is 5.91 Å². The molecule has 0 bridgehead atoms. The Morgan fingerprint density at radius 3 is 2.46 bits per heavy atom. The standard InChI is InChI=1S/C19H29N3OS/c1-4-22(19(24)21-16-8-6-5-7-9-16)15(3)18(23)20-17-12-10-14(2)11-13-17/h10-13,15-16H,4-9H2,1-3H3,(H,20,23)(H,21,24)/t15-/m0/s1. The van der Waals surface area contributed by atoms with E-state index in [9.17, 15) is 4.79 Å². The lowest BCUT2D eigenvalue weighted by Gasteiger charge is -2.33. The largest absolute Gasteiger partial charge is 0.360 e. The van der Waals surface area contributed by atoms with Crippen LogP contribution < -0.4 is 10.6 Å². The number of aryl methyl sites for hydroxylation is 1. The van der Waals surface area contributed by atoms with Crippen LogP contribution in [0.1, 0.15) is 51.5 Å². The molecule has 0 unspecified atom stereocenters. The van der Waals surface area contributed by atoms with Gasteiger partial charge < -0.3 is 15.5 Å². The van der Waals surface area contributed by atoms with Gasteiger partial charge in [-0.2, -0.15) is 0 Å². The van der Waals surface area contributed by atoms with Crippen molar-refractivity contribution in [2.75, 3.05) is 11.9 Å². The van der Waals surface area contributed by atoms with Crippen molar-refractivity contribution >= 4 is 28.9 Å². The Morgan fingerprint density at radius 2 is 1.88 bits per heavy atom. The van der Waals surface area contributed by atoms with Crippen molar-refractivity contribution in [2.24, 2.45) is 0 Å². The van der Waals surface area contributed by atoms with Crippen molar-refractivity contribution in [3.8, 4) is 0 Å². The normalized spacial score (nSPS) is 16.3. The first-order valence-corrected chi connectivity index (χ1v) is 9.36. The van der Waals surface area contributed by atoms with Crippen molar-refractivity contribution in [2.45, 2.75) is 65.0 Å². The van der Waals surface area contributed by atoms with E-state index in [2.05, 4.69) is 10.6 Å². The SMILES string of the molecule is CCN(C(=S)NC1CCCCC1)[C@@H](C)C(=O)Nc1ccc(C)cc1. The number of carbonyl (C=O) groups is 1. The number of nitrogens with one attached hydrogen (secondary N) is 2. The molecule has 0 heterocycles. The van der Waals surface area contributed by atoms with Crippen LogP contribution in [0.25, 0.3) is 0 Å². The van der Waals surface area contributed by atoms with E-state index in [4.69, 9.17) is 12.2 Å². The van der Waals surface area contributed by atoms with Crippen molar-refractivity contribution in [1.29, 1.82) is 0 Å². The molecule has 0 saturated heterocycles. The van der Waals surface area contributed by atoms with Crippen molar-refractivity contribution in [3.63, 3.8) is 0 Å². The lowest BCUT2D eigenvalue weighted by Crippen LogP contribution is -2.52. The zero-order valence-electron chi connectivity index (χ0n) is 15.0. The Kier molecular flexibility index (Phi) is 7.03. The Bertz CT molecular complexity index is 552. The van der Waals surface area contributed by atoms with Gasteiger partial charge in [0.25, 0.3) is 0 Å². The molecule has 24 heavy (non-hydrogen) atoms. The van der Waals surface area contributed by atoms with Crippen LogP contribution in [0.2, 0.25) is 0 Å². The number of amides is 1. The highest BCUT2D eigenvalue weighted by molar-refractivity contribution is 7.80. The molecule has 2 N–H and O–H groups in total. The first-order chi connectivity index (χ1) is 11.5. The fraction of sp³-hybridized carbons (Fsp3) is 0.579. The molecule has 5 heteroatoms. The van der Waals surface area contributed by atoms with E-state index in [0.717, 1.165) is 5.69 Å². The van der Waals surface area contributed by atoms with E-state index in [1.807, 2.05) is 49.9 Å². The molecule has 1 atom stereocenters. The number of rotatable bonds is 5. The molecule has 1 saturated carbocycles. The molecule has 4 nitrogen and oxygen atoms in total. The molecule has 2 rings (SSSR count). The minimum atomic E-state index is -0.306. The van der Waals surface area contributed by atoms with Gasteiger partial charge in [0.15, 0.2) is 5.11 Å². The number of hydrogen-bond acceptors (Lipinski definition) is 2. The van der Waals surface area contributed by atoms with Crippen LogP contribution in [-0.2, 0) is 4.79 Å². The highest BCUT2D eigenvalue weighted by Crippen LogP contribution is 2.18. The summed E-state index contributed by atoms with van der Waals surface area (Å²) in [5.74, 6) is -0.0338. The predicted octanol–water partition coefficient (Wildman–Crippen LogP) is 3.85. The zero-order chi connectivity index (χ0) is 17.5. The molecule has 0 aromatic heterocycles. The number of hydrogen-bond donors (Lipinski definition) is 2. The molecule has 0 radical (unpaired) electrons. The van der Waals surface area contributed by atoms with Crippen LogP contribution in [-0.4, -0.2) is 34.5 Å². The highest BCUT2D eigenvalue weighted by atomic mass is 32.1. The van der Waals surface area contributed by atoms with Gasteiger partial charge >= 0.3 is 0 Å². The number of likely N-dealkylation sites (N-methyl/N-ethyl adjacent to an activating group) is 1. The monoisotopic (exact) mass is 347 g/mol. The maximum absolute atomic E-state index is 12.6. The molecule has 1 aliphatic rings. The molecular weight excluding hydrogens is 318 g/mol. The molecular formula is C19H29N3OS. The molecule has 132 valence electrons. The molecule has 0 spiro atoms. The summed E-state index contributed by atoms with van der Waals surface area (Å²) in [7, 11) is 0. The van der Waals surface area contributed by atoms with Crippen LogP contribution in [0.5, 0.6) is 0 Å². The average molecular weight is 348 g/mol. The maximum atomic E-state index is 12.6. The summed E-state index contributed by atoms with van der Waals surface area (Å²) in [4.78, 5) is 14.5. The molecule has 1 aromatic carbocycles. The van der Waals surface area contributed by atoms with Crippen LogP contribution in [0.4, 0.5) is 5.69 Å². The Labute approximate surface area is 151 Å². The second kappa shape index (κ2) is 9.02. The molecule has 1 aromatic rings. The number of nitrogens with zero attached hydrogens (tertiary/aromatic N) is 1. The smallest absolute Gasteiger partial charge is 0.246 e. The highest BCUT2D eigenvalue weighted by Gasteiger charge is 2.24. The number of anilines is 1. The summed E-state index contributed by atoms with van der Waals surface area (Å²) in [6.07, 6.45) is 6.17. The minimum Gasteiger partial charge on any atom is -0.360 e. The van der Waals surface area contributed by atoms with E-state index in [0.29, 0.717) is 17.7 Å². The van der Waals surface area contributed by atoms with E-state index < -0.39 is 0 Å². The third-order valence-electron chi connectivity index (χ3n) is 4.70. The predicted molar refractivity (Wildman–Crippen MR) is 104 cm³/mol. The van der Waals surface area contributed by atoms with Gasteiger partial charge in [0.05, 0.1) is 0 Å². The summed E-state index contributed by atoms with van der Waals surface area (Å²) in [5, 5.41) is 7.12. The Morgan fingerprint density at radius 1 is 1.25 bits per heavy atom. The Hall–Kier alpha value is -1.62. The summed E-state index contributed by atoms with van der Waals surface area (Å²) in [6.45, 7) is 6.68. The summed E-state index contributed by atoms with van der Waals surface area (Å²) < 4.78 is 0. The van der Waals surface area contributed by atoms with Gasteiger partial charge in [-0.25, -0.2) is 0 Å². The van der Waals surface area contributed by atoms with Crippen LogP contribution >= 0.6 is 12.2 Å². The third-order valence-corrected chi connectivity index (χ3v) is 5.05. The van der Waals surface area contributed by atoms with Gasteiger partial charge in [0, 0.05) is 18.3 Å². The van der Waals surface area contributed by atoms with Crippen molar-refractivity contribution < 1.29 is 4.79 Å². The number of carbonyl (C=O) groups excluding carboxylic acids is 1. The first-order valence-electron chi connectivity index (χ1n) is 8.96. The topological polar surface area (TPSA) is 44.4 Å². The first kappa shape index (κ1) is 18.7. The lowest BCUT2D eigenvalue weighted by molar-refractivity contribution is -0.119. The van der Waals surface area contributed by atoms with Gasteiger partial charge in [-0.1, -0.05) is 37.0 Å². The van der Waals surface area contributed by atoms with Crippen molar-refractivity contribution in [1.82, 2.24) is 10.2 Å². The van der Waals surface area contributed by atoms with Crippen LogP contribution in [0.15, 0.2) is 24.3 Å². The quantitative estimate of drug-likeness (QED) is 0.794. The van der Waals surface area contributed by atoms with Gasteiger partial charge in [-0.05, 0) is 58.0 Å². The van der Waals surface area contributed by atoms with E-state index >= 15 is 0 Å². The average Bonchev–Trinajstić information content (AvgIpc) is 2.58. The summed E-state index contributed by atoms with van der Waals surface area (Å²) in [5.41, 5.74) is 1.99. The molecule has 1 aliphatic carbocycles. The summed E-state index contributed by atoms with van der Waals surface area (Å²) >= 11 is 5.57. The zero-order valence-corrected chi connectivity index (χ0v) is 15.8.